The van der Waals surface area contributed by atoms with Crippen LogP contribution in [0.2, 0.25) is 5.02 Å². The van der Waals surface area contributed by atoms with Gasteiger partial charge in [0, 0.05) is 21.3 Å². The van der Waals surface area contributed by atoms with Gasteiger partial charge in [-0.15, -0.1) is 0 Å². The van der Waals surface area contributed by atoms with E-state index in [1.807, 2.05) is 0 Å². The summed E-state index contributed by atoms with van der Waals surface area (Å²) in [4.78, 5) is 13.1. The van der Waals surface area contributed by atoms with Crippen LogP contribution < -0.4 is 0 Å². The van der Waals surface area contributed by atoms with Crippen molar-refractivity contribution in [3.05, 3.63) is 63.1 Å². The van der Waals surface area contributed by atoms with Crippen LogP contribution in [0.3, 0.4) is 0 Å². The minimum absolute atomic E-state index is 0.141. The molecule has 7 heteroatoms. The zero-order valence-corrected chi connectivity index (χ0v) is 17.5. The summed E-state index contributed by atoms with van der Waals surface area (Å²) >= 11 is 9.25. The molecule has 4 nitrogen and oxygen atoms in total. The van der Waals surface area contributed by atoms with Gasteiger partial charge in [-0.3, -0.25) is 4.79 Å². The minimum atomic E-state index is -3.36. The molecule has 136 valence electrons. The first-order valence-corrected chi connectivity index (χ1v) is 10.8. The molecule has 0 saturated heterocycles. The smallest absolute Gasteiger partial charge is 0.210 e. The molecule has 0 N–H and O–H groups in total. The maximum atomic E-state index is 12.9. The molecule has 0 spiro atoms. The highest BCUT2D eigenvalue weighted by molar-refractivity contribution is 9.10. The number of benzene rings is 2. The summed E-state index contributed by atoms with van der Waals surface area (Å²) < 4.78 is 30.0. The van der Waals surface area contributed by atoms with Crippen molar-refractivity contribution in [1.82, 2.24) is 0 Å². The monoisotopic (exact) mass is 454 g/mol. The van der Waals surface area contributed by atoms with E-state index in [4.69, 9.17) is 16.3 Å². The fourth-order valence-electron chi connectivity index (χ4n) is 2.78. The predicted molar refractivity (Wildman–Crippen MR) is 106 cm³/mol. The Bertz CT molecular complexity index is 1040. The average Bonchev–Trinajstić information content (AvgIpc) is 2.77. The van der Waals surface area contributed by atoms with Crippen LogP contribution in [0.15, 0.2) is 51.8 Å². The Morgan fingerprint density at radius 3 is 2.15 bits per heavy atom. The van der Waals surface area contributed by atoms with E-state index in [0.29, 0.717) is 32.0 Å². The SMILES string of the molecule is CC1(C)OC(c2ccc(S(C)(=O)=O)c(Br)c2)=C(c2ccc(Cl)cc2)C1=O. The quantitative estimate of drug-likeness (QED) is 0.670. The molecule has 2 aromatic carbocycles. The van der Waals surface area contributed by atoms with Gasteiger partial charge in [0.05, 0.1) is 10.5 Å². The number of Topliss-reactive ketones (excluding diaryl/α,β-unsaturated/α-hetero) is 1. The van der Waals surface area contributed by atoms with Crippen LogP contribution >= 0.6 is 27.5 Å². The van der Waals surface area contributed by atoms with E-state index in [-0.39, 0.29) is 10.7 Å². The van der Waals surface area contributed by atoms with Gasteiger partial charge in [-0.1, -0.05) is 23.7 Å². The molecule has 3 rings (SSSR count). The standard InChI is InChI=1S/C19H16BrClO4S/c1-19(2)18(22)16(11-4-7-13(21)8-5-11)17(25-19)12-6-9-15(14(20)10-12)26(3,23)24/h4-10H,1-3H3. The zero-order valence-electron chi connectivity index (χ0n) is 14.3. The van der Waals surface area contributed by atoms with Gasteiger partial charge >= 0.3 is 0 Å². The summed E-state index contributed by atoms with van der Waals surface area (Å²) in [5, 5.41) is 0.571. The third-order valence-electron chi connectivity index (χ3n) is 4.08. The number of carbonyl (C=O) groups excluding carboxylic acids is 1. The summed E-state index contributed by atoms with van der Waals surface area (Å²) in [6.45, 7) is 3.41. The zero-order chi connectivity index (χ0) is 19.3. The maximum absolute atomic E-state index is 12.9. The molecular formula is C19H16BrClO4S. The third-order valence-corrected chi connectivity index (χ3v) is 6.41. The van der Waals surface area contributed by atoms with Gasteiger partial charge in [0.15, 0.2) is 15.4 Å². The number of halogens is 2. The lowest BCUT2D eigenvalue weighted by Gasteiger charge is -2.18. The lowest BCUT2D eigenvalue weighted by molar-refractivity contribution is -0.125. The number of hydrogen-bond acceptors (Lipinski definition) is 4. The van der Waals surface area contributed by atoms with Gasteiger partial charge in [-0.25, -0.2) is 8.42 Å². The molecule has 0 fully saturated rings. The third kappa shape index (κ3) is 3.46. The molecule has 0 saturated carbocycles. The van der Waals surface area contributed by atoms with Crippen LogP contribution in [0.25, 0.3) is 11.3 Å². The molecule has 1 aliphatic heterocycles. The number of hydrogen-bond donors (Lipinski definition) is 0. The molecule has 0 aliphatic carbocycles. The first-order valence-electron chi connectivity index (χ1n) is 7.75. The van der Waals surface area contributed by atoms with Gasteiger partial charge in [0.1, 0.15) is 5.76 Å². The summed E-state index contributed by atoms with van der Waals surface area (Å²) in [6.07, 6.45) is 1.14. The first-order chi connectivity index (χ1) is 12.0. The first kappa shape index (κ1) is 19.1. The van der Waals surface area contributed by atoms with E-state index in [1.54, 1.807) is 50.2 Å². The van der Waals surface area contributed by atoms with E-state index in [2.05, 4.69) is 15.9 Å². The van der Waals surface area contributed by atoms with Crippen LogP contribution in [0.4, 0.5) is 0 Å². The number of rotatable bonds is 3. The highest BCUT2D eigenvalue weighted by Gasteiger charge is 2.42. The molecule has 1 aliphatic rings. The topological polar surface area (TPSA) is 60.4 Å². The Balaban J connectivity index is 2.20. The van der Waals surface area contributed by atoms with Gasteiger partial charge in [0.25, 0.3) is 0 Å². The van der Waals surface area contributed by atoms with Crippen molar-refractivity contribution in [3.8, 4) is 0 Å². The summed E-state index contributed by atoms with van der Waals surface area (Å²) in [5.74, 6) is 0.279. The van der Waals surface area contributed by atoms with E-state index in [9.17, 15) is 13.2 Å². The van der Waals surface area contributed by atoms with Crippen LogP contribution in [0.1, 0.15) is 25.0 Å². The Morgan fingerprint density at radius 2 is 1.62 bits per heavy atom. The number of ketones is 1. The summed E-state index contributed by atoms with van der Waals surface area (Å²) in [6, 6.07) is 11.7. The van der Waals surface area contributed by atoms with Crippen LogP contribution in [0.5, 0.6) is 0 Å². The van der Waals surface area contributed by atoms with Crippen molar-refractivity contribution < 1.29 is 17.9 Å². The molecule has 0 bridgehead atoms. The number of sulfone groups is 1. The fraction of sp³-hybridized carbons (Fsp3) is 0.211. The summed E-state index contributed by atoms with van der Waals surface area (Å²) in [5.41, 5.74) is 0.758. The number of ether oxygens (including phenoxy) is 1. The molecule has 0 aromatic heterocycles. The van der Waals surface area contributed by atoms with Crippen LogP contribution in [0, 0.1) is 0 Å². The Hall–Kier alpha value is -1.63. The van der Waals surface area contributed by atoms with Crippen LogP contribution in [-0.4, -0.2) is 26.1 Å². The van der Waals surface area contributed by atoms with E-state index >= 15 is 0 Å². The molecule has 0 atom stereocenters. The van der Waals surface area contributed by atoms with Crippen molar-refractivity contribution in [2.24, 2.45) is 0 Å². The highest BCUT2D eigenvalue weighted by atomic mass is 79.9. The Kier molecular flexibility index (Phi) is 4.80. The van der Waals surface area contributed by atoms with Gasteiger partial charge < -0.3 is 4.74 Å². The lowest BCUT2D eigenvalue weighted by Crippen LogP contribution is -2.29. The van der Waals surface area contributed by atoms with Crippen molar-refractivity contribution in [1.29, 1.82) is 0 Å². The highest BCUT2D eigenvalue weighted by Crippen LogP contribution is 2.42. The van der Waals surface area contributed by atoms with E-state index in [1.165, 1.54) is 6.07 Å². The van der Waals surface area contributed by atoms with Gasteiger partial charge in [0.2, 0.25) is 5.78 Å². The van der Waals surface area contributed by atoms with Crippen LogP contribution in [-0.2, 0) is 19.4 Å². The second-order valence-electron chi connectivity index (χ2n) is 6.57. The molecule has 26 heavy (non-hydrogen) atoms. The predicted octanol–water partition coefficient (Wildman–Crippen LogP) is 4.75. The second kappa shape index (κ2) is 6.51. The Morgan fingerprint density at radius 1 is 1.04 bits per heavy atom. The van der Waals surface area contributed by atoms with Crippen molar-refractivity contribution in [2.45, 2.75) is 24.3 Å². The van der Waals surface area contributed by atoms with Crippen molar-refractivity contribution >= 4 is 54.5 Å². The molecule has 0 amide bonds. The second-order valence-corrected chi connectivity index (χ2v) is 9.84. The van der Waals surface area contributed by atoms with E-state index < -0.39 is 15.4 Å². The van der Waals surface area contributed by atoms with E-state index in [0.717, 1.165) is 6.26 Å². The molecule has 0 radical (unpaired) electrons. The fourth-order valence-corrected chi connectivity index (χ4v) is 4.90. The Labute approximate surface area is 165 Å². The van der Waals surface area contributed by atoms with Crippen molar-refractivity contribution in [2.75, 3.05) is 6.26 Å². The largest absolute Gasteiger partial charge is 0.478 e. The van der Waals surface area contributed by atoms with Gasteiger partial charge in [-0.2, -0.15) is 0 Å². The maximum Gasteiger partial charge on any atom is 0.210 e. The summed E-state index contributed by atoms with van der Waals surface area (Å²) in [7, 11) is -3.36. The molecule has 2 aromatic rings. The molecule has 1 heterocycles. The molecule has 0 unspecified atom stereocenters. The van der Waals surface area contributed by atoms with Crippen molar-refractivity contribution in [3.63, 3.8) is 0 Å². The normalized spacial score (nSPS) is 16.7. The van der Waals surface area contributed by atoms with Gasteiger partial charge in [-0.05, 0) is 65.7 Å². The number of carbonyl (C=O) groups is 1. The molecular weight excluding hydrogens is 440 g/mol. The minimum Gasteiger partial charge on any atom is -0.478 e. The average molecular weight is 456 g/mol. The lowest BCUT2D eigenvalue weighted by atomic mass is 9.93.